The average Bonchev–Trinajstić information content (AvgIpc) is 2.42. The van der Waals surface area contributed by atoms with E-state index in [0.717, 1.165) is 5.75 Å². The molecular weight excluding hydrogens is 196 g/mol. The number of fused-ring (bicyclic) bond motifs is 1. The zero-order valence-electron chi connectivity index (χ0n) is 10.9. The molecule has 0 heterocycles. The van der Waals surface area contributed by atoms with Crippen LogP contribution in [0.25, 0.3) is 10.8 Å². The van der Waals surface area contributed by atoms with Crippen LogP contribution in [0.4, 0.5) is 0 Å². The van der Waals surface area contributed by atoms with E-state index in [1.165, 1.54) is 10.8 Å². The van der Waals surface area contributed by atoms with Gasteiger partial charge in [-0.3, -0.25) is 0 Å². The minimum atomic E-state index is 0.911. The molecule has 0 amide bonds. The summed E-state index contributed by atoms with van der Waals surface area (Å²) in [6, 6.07) is 14.3. The van der Waals surface area contributed by atoms with Crippen molar-refractivity contribution >= 4 is 10.8 Å². The van der Waals surface area contributed by atoms with E-state index in [2.05, 4.69) is 18.2 Å². The van der Waals surface area contributed by atoms with E-state index in [1.807, 2.05) is 52.0 Å². The molecule has 1 nitrogen and oxygen atoms in total. The van der Waals surface area contributed by atoms with Crippen LogP contribution < -0.4 is 4.74 Å². The van der Waals surface area contributed by atoms with Gasteiger partial charge in [-0.2, -0.15) is 0 Å². The maximum atomic E-state index is 5.12. The van der Waals surface area contributed by atoms with Gasteiger partial charge in [0.1, 0.15) is 5.75 Å². The van der Waals surface area contributed by atoms with Crippen molar-refractivity contribution in [2.45, 2.75) is 27.7 Å². The van der Waals surface area contributed by atoms with Gasteiger partial charge in [-0.1, -0.05) is 58.0 Å². The molecule has 0 aliphatic heterocycles. The number of rotatable bonds is 1. The Hall–Kier alpha value is -1.50. The van der Waals surface area contributed by atoms with Crippen LogP contribution in [0.5, 0.6) is 5.75 Å². The molecule has 2 rings (SSSR count). The van der Waals surface area contributed by atoms with Crippen LogP contribution in [0.1, 0.15) is 27.7 Å². The first-order chi connectivity index (χ1) is 7.90. The number of methoxy groups -OCH3 is 1. The Morgan fingerprint density at radius 1 is 0.750 bits per heavy atom. The summed E-state index contributed by atoms with van der Waals surface area (Å²) in [5.41, 5.74) is 0. The summed E-state index contributed by atoms with van der Waals surface area (Å²) in [5.74, 6) is 0.911. The first-order valence-corrected chi connectivity index (χ1v) is 5.93. The topological polar surface area (TPSA) is 9.23 Å². The van der Waals surface area contributed by atoms with Crippen LogP contribution >= 0.6 is 0 Å². The Morgan fingerprint density at radius 2 is 1.31 bits per heavy atom. The number of hydrogen-bond acceptors (Lipinski definition) is 1. The highest BCUT2D eigenvalue weighted by Gasteiger charge is 1.93. The van der Waals surface area contributed by atoms with Gasteiger partial charge in [-0.05, 0) is 22.9 Å². The standard InChI is InChI=1S/C11H10O.2C2H6/c1-12-11-7-6-9-4-2-3-5-10(9)8-11;2*1-2/h2-8H,1H3;2*1-2H3. The van der Waals surface area contributed by atoms with Crippen molar-refractivity contribution < 1.29 is 4.74 Å². The number of ether oxygens (including phenoxy) is 1. The summed E-state index contributed by atoms with van der Waals surface area (Å²) in [4.78, 5) is 0. The van der Waals surface area contributed by atoms with Gasteiger partial charge in [0, 0.05) is 0 Å². The van der Waals surface area contributed by atoms with Gasteiger partial charge in [0.15, 0.2) is 0 Å². The monoisotopic (exact) mass is 218 g/mol. The van der Waals surface area contributed by atoms with Crippen LogP contribution in [0.2, 0.25) is 0 Å². The normalized spacial score (nSPS) is 8.31. The third kappa shape index (κ3) is 3.93. The van der Waals surface area contributed by atoms with E-state index < -0.39 is 0 Å². The summed E-state index contributed by atoms with van der Waals surface area (Å²) < 4.78 is 5.12. The predicted molar refractivity (Wildman–Crippen MR) is 73.2 cm³/mol. The fourth-order valence-corrected chi connectivity index (χ4v) is 1.29. The quantitative estimate of drug-likeness (QED) is 0.661. The molecule has 0 unspecified atom stereocenters. The summed E-state index contributed by atoms with van der Waals surface area (Å²) in [7, 11) is 1.68. The van der Waals surface area contributed by atoms with Crippen molar-refractivity contribution in [1.29, 1.82) is 0 Å². The molecule has 0 aliphatic carbocycles. The zero-order chi connectivity index (χ0) is 12.4. The maximum absolute atomic E-state index is 5.12. The van der Waals surface area contributed by atoms with E-state index in [-0.39, 0.29) is 0 Å². The highest BCUT2D eigenvalue weighted by molar-refractivity contribution is 5.83. The summed E-state index contributed by atoms with van der Waals surface area (Å²) in [5, 5.41) is 2.47. The van der Waals surface area contributed by atoms with Crippen LogP contribution in [-0.2, 0) is 0 Å². The molecule has 1 heteroatoms. The van der Waals surface area contributed by atoms with Crippen LogP contribution in [0, 0.1) is 0 Å². The molecular formula is C15H22O. The first kappa shape index (κ1) is 14.5. The van der Waals surface area contributed by atoms with Crippen molar-refractivity contribution in [2.24, 2.45) is 0 Å². The lowest BCUT2D eigenvalue weighted by Gasteiger charge is -2.00. The van der Waals surface area contributed by atoms with Gasteiger partial charge in [0.05, 0.1) is 7.11 Å². The van der Waals surface area contributed by atoms with Crippen molar-refractivity contribution in [2.75, 3.05) is 7.11 Å². The molecule has 0 aliphatic rings. The van der Waals surface area contributed by atoms with Gasteiger partial charge in [-0.25, -0.2) is 0 Å². The lowest BCUT2D eigenvalue weighted by atomic mass is 10.1. The zero-order valence-corrected chi connectivity index (χ0v) is 10.9. The number of benzene rings is 2. The van der Waals surface area contributed by atoms with E-state index in [1.54, 1.807) is 7.11 Å². The summed E-state index contributed by atoms with van der Waals surface area (Å²) >= 11 is 0. The minimum absolute atomic E-state index is 0.911. The van der Waals surface area contributed by atoms with E-state index >= 15 is 0 Å². The molecule has 0 radical (unpaired) electrons. The second kappa shape index (κ2) is 8.78. The Balaban J connectivity index is 0.000000509. The molecule has 0 aromatic heterocycles. The second-order valence-corrected chi connectivity index (χ2v) is 2.71. The molecule has 2 aromatic carbocycles. The summed E-state index contributed by atoms with van der Waals surface area (Å²) in [6.45, 7) is 8.00. The van der Waals surface area contributed by atoms with Crippen molar-refractivity contribution in [3.8, 4) is 5.75 Å². The third-order valence-electron chi connectivity index (χ3n) is 1.96. The molecule has 0 atom stereocenters. The molecule has 0 fully saturated rings. The van der Waals surface area contributed by atoms with Crippen molar-refractivity contribution in [3.05, 3.63) is 42.5 Å². The van der Waals surface area contributed by atoms with Crippen molar-refractivity contribution in [3.63, 3.8) is 0 Å². The van der Waals surface area contributed by atoms with E-state index in [4.69, 9.17) is 4.74 Å². The molecule has 0 N–H and O–H groups in total. The number of hydrogen-bond donors (Lipinski definition) is 0. The van der Waals surface area contributed by atoms with Crippen molar-refractivity contribution in [1.82, 2.24) is 0 Å². The third-order valence-corrected chi connectivity index (χ3v) is 1.96. The van der Waals surface area contributed by atoms with Crippen LogP contribution in [0.3, 0.4) is 0 Å². The van der Waals surface area contributed by atoms with Gasteiger partial charge in [0.2, 0.25) is 0 Å². The molecule has 16 heavy (non-hydrogen) atoms. The Morgan fingerprint density at radius 3 is 1.88 bits per heavy atom. The highest BCUT2D eigenvalue weighted by atomic mass is 16.5. The first-order valence-electron chi connectivity index (χ1n) is 5.93. The Bertz CT molecular complexity index is 393. The maximum Gasteiger partial charge on any atom is 0.119 e. The van der Waals surface area contributed by atoms with Crippen LogP contribution in [-0.4, -0.2) is 7.11 Å². The fourth-order valence-electron chi connectivity index (χ4n) is 1.29. The molecule has 0 bridgehead atoms. The van der Waals surface area contributed by atoms with Gasteiger partial charge in [-0.15, -0.1) is 0 Å². The van der Waals surface area contributed by atoms with Gasteiger partial charge >= 0.3 is 0 Å². The second-order valence-electron chi connectivity index (χ2n) is 2.71. The van der Waals surface area contributed by atoms with Crippen LogP contribution in [0.15, 0.2) is 42.5 Å². The lowest BCUT2D eigenvalue weighted by Crippen LogP contribution is -1.81. The fraction of sp³-hybridized carbons (Fsp3) is 0.333. The minimum Gasteiger partial charge on any atom is -0.497 e. The lowest BCUT2D eigenvalue weighted by molar-refractivity contribution is 0.415. The SMILES string of the molecule is CC.CC.COc1ccc2ccccc2c1. The molecule has 0 spiro atoms. The smallest absolute Gasteiger partial charge is 0.119 e. The largest absolute Gasteiger partial charge is 0.497 e. The highest BCUT2D eigenvalue weighted by Crippen LogP contribution is 2.19. The molecule has 2 aromatic rings. The van der Waals surface area contributed by atoms with Gasteiger partial charge in [0.25, 0.3) is 0 Å². The Labute approximate surface area is 99.1 Å². The molecule has 0 saturated heterocycles. The van der Waals surface area contributed by atoms with Gasteiger partial charge < -0.3 is 4.74 Å². The molecule has 0 saturated carbocycles. The van der Waals surface area contributed by atoms with E-state index in [9.17, 15) is 0 Å². The average molecular weight is 218 g/mol. The summed E-state index contributed by atoms with van der Waals surface area (Å²) in [6.07, 6.45) is 0. The Kier molecular flexibility index (Phi) is 7.96. The van der Waals surface area contributed by atoms with E-state index in [0.29, 0.717) is 0 Å². The molecule has 88 valence electrons. The predicted octanol–water partition coefficient (Wildman–Crippen LogP) is 4.90.